The Balaban J connectivity index is 2.47. The Morgan fingerprint density at radius 3 is 3.00 bits per heavy atom. The third-order valence-corrected chi connectivity index (χ3v) is 1.98. The van der Waals surface area contributed by atoms with Crippen LogP contribution in [-0.4, -0.2) is 36.1 Å². The molecule has 0 aliphatic rings. The maximum absolute atomic E-state index is 5.60. The van der Waals surface area contributed by atoms with Crippen LogP contribution in [0, 0.1) is 0 Å². The van der Waals surface area contributed by atoms with E-state index in [1.165, 1.54) is 0 Å². The van der Waals surface area contributed by atoms with Crippen LogP contribution in [0.1, 0.15) is 13.3 Å². The summed E-state index contributed by atoms with van der Waals surface area (Å²) in [6.07, 6.45) is 4.53. The summed E-state index contributed by atoms with van der Waals surface area (Å²) in [4.78, 5) is 0. The van der Waals surface area contributed by atoms with Crippen molar-refractivity contribution in [2.75, 3.05) is 20.3 Å². The SMILES string of the molecule is CCCn1cc(OC(CN)COC)cn1. The minimum Gasteiger partial charge on any atom is -0.483 e. The van der Waals surface area contributed by atoms with Gasteiger partial charge in [0.25, 0.3) is 0 Å². The number of methoxy groups -OCH3 is 1. The lowest BCUT2D eigenvalue weighted by Crippen LogP contribution is -2.30. The van der Waals surface area contributed by atoms with E-state index in [0.717, 1.165) is 18.7 Å². The van der Waals surface area contributed by atoms with Gasteiger partial charge in [-0.05, 0) is 6.42 Å². The second-order valence-electron chi connectivity index (χ2n) is 3.37. The first-order chi connectivity index (χ1) is 7.30. The van der Waals surface area contributed by atoms with E-state index in [0.29, 0.717) is 13.2 Å². The molecule has 0 aromatic carbocycles. The van der Waals surface area contributed by atoms with Crippen LogP contribution in [0.4, 0.5) is 0 Å². The molecule has 86 valence electrons. The summed E-state index contributed by atoms with van der Waals surface area (Å²) in [5.41, 5.74) is 5.54. The van der Waals surface area contributed by atoms with E-state index in [4.69, 9.17) is 15.2 Å². The number of hydrogen-bond acceptors (Lipinski definition) is 4. The number of ether oxygens (including phenoxy) is 2. The van der Waals surface area contributed by atoms with Crippen molar-refractivity contribution in [2.45, 2.75) is 26.0 Å². The molecular formula is C10H19N3O2. The zero-order valence-electron chi connectivity index (χ0n) is 9.35. The Kier molecular flexibility index (Phi) is 5.14. The maximum atomic E-state index is 5.60. The number of rotatable bonds is 7. The second kappa shape index (κ2) is 6.42. The van der Waals surface area contributed by atoms with Crippen molar-refractivity contribution in [3.8, 4) is 5.75 Å². The van der Waals surface area contributed by atoms with Gasteiger partial charge in [-0.3, -0.25) is 4.68 Å². The molecule has 0 aliphatic carbocycles. The van der Waals surface area contributed by atoms with E-state index in [9.17, 15) is 0 Å². The summed E-state index contributed by atoms with van der Waals surface area (Å²) in [5, 5.41) is 4.16. The molecule has 5 heteroatoms. The summed E-state index contributed by atoms with van der Waals surface area (Å²) >= 11 is 0. The lowest BCUT2D eigenvalue weighted by Gasteiger charge is -2.14. The molecule has 5 nitrogen and oxygen atoms in total. The summed E-state index contributed by atoms with van der Waals surface area (Å²) < 4.78 is 12.4. The molecule has 0 saturated carbocycles. The Morgan fingerprint density at radius 2 is 2.40 bits per heavy atom. The van der Waals surface area contributed by atoms with Crippen LogP contribution in [0.5, 0.6) is 5.75 Å². The Bertz CT molecular complexity index is 275. The number of aromatic nitrogens is 2. The third kappa shape index (κ3) is 3.89. The quantitative estimate of drug-likeness (QED) is 0.722. The van der Waals surface area contributed by atoms with Crippen molar-refractivity contribution in [3.05, 3.63) is 12.4 Å². The number of hydrogen-bond donors (Lipinski definition) is 1. The Hall–Kier alpha value is -1.07. The Labute approximate surface area is 90.2 Å². The fourth-order valence-corrected chi connectivity index (χ4v) is 1.29. The fraction of sp³-hybridized carbons (Fsp3) is 0.700. The molecular weight excluding hydrogens is 194 g/mol. The molecule has 1 rings (SSSR count). The van der Waals surface area contributed by atoms with Crippen LogP contribution in [0.15, 0.2) is 12.4 Å². The molecule has 0 fully saturated rings. The molecule has 2 N–H and O–H groups in total. The van der Waals surface area contributed by atoms with Crippen LogP contribution in [0.3, 0.4) is 0 Å². The predicted octanol–water partition coefficient (Wildman–Crippen LogP) is 0.646. The molecule has 1 aromatic heterocycles. The highest BCUT2D eigenvalue weighted by molar-refractivity contribution is 5.12. The first-order valence-electron chi connectivity index (χ1n) is 5.18. The molecule has 1 aromatic rings. The monoisotopic (exact) mass is 213 g/mol. The van der Waals surface area contributed by atoms with Crippen molar-refractivity contribution < 1.29 is 9.47 Å². The lowest BCUT2D eigenvalue weighted by molar-refractivity contribution is 0.0860. The largest absolute Gasteiger partial charge is 0.483 e. The van der Waals surface area contributed by atoms with Gasteiger partial charge in [-0.25, -0.2) is 0 Å². The molecule has 0 bridgehead atoms. The normalized spacial score (nSPS) is 12.7. The molecule has 0 radical (unpaired) electrons. The summed E-state index contributed by atoms with van der Waals surface area (Å²) in [5.74, 6) is 0.746. The maximum Gasteiger partial charge on any atom is 0.157 e. The standard InChI is InChI=1S/C10H19N3O2/c1-3-4-13-7-10(6-12-13)15-9(5-11)8-14-2/h6-7,9H,3-5,8,11H2,1-2H3. The second-order valence-corrected chi connectivity index (χ2v) is 3.37. The van der Waals surface area contributed by atoms with Gasteiger partial charge in [0.15, 0.2) is 5.75 Å². The summed E-state index contributed by atoms with van der Waals surface area (Å²) in [7, 11) is 1.63. The van der Waals surface area contributed by atoms with E-state index >= 15 is 0 Å². The van der Waals surface area contributed by atoms with E-state index < -0.39 is 0 Å². The number of nitrogens with two attached hydrogens (primary N) is 1. The highest BCUT2D eigenvalue weighted by atomic mass is 16.5. The third-order valence-electron chi connectivity index (χ3n) is 1.98. The van der Waals surface area contributed by atoms with Crippen LogP contribution in [0.2, 0.25) is 0 Å². The molecule has 15 heavy (non-hydrogen) atoms. The smallest absolute Gasteiger partial charge is 0.157 e. The molecule has 0 spiro atoms. The first-order valence-corrected chi connectivity index (χ1v) is 5.18. The van der Waals surface area contributed by atoms with Crippen molar-refractivity contribution >= 4 is 0 Å². The van der Waals surface area contributed by atoms with Gasteiger partial charge in [-0.2, -0.15) is 5.10 Å². The summed E-state index contributed by atoms with van der Waals surface area (Å²) in [6, 6.07) is 0. The lowest BCUT2D eigenvalue weighted by atomic mass is 10.4. The summed E-state index contributed by atoms with van der Waals surface area (Å²) in [6.45, 7) is 3.94. The number of aryl methyl sites for hydroxylation is 1. The van der Waals surface area contributed by atoms with Gasteiger partial charge < -0.3 is 15.2 Å². The van der Waals surface area contributed by atoms with Crippen LogP contribution < -0.4 is 10.5 Å². The number of nitrogens with zero attached hydrogens (tertiary/aromatic N) is 2. The van der Waals surface area contributed by atoms with Crippen molar-refractivity contribution in [1.29, 1.82) is 0 Å². The zero-order chi connectivity index (χ0) is 11.1. The van der Waals surface area contributed by atoms with Gasteiger partial charge in [-0.15, -0.1) is 0 Å². The minimum atomic E-state index is -0.103. The molecule has 0 aliphatic heterocycles. The van der Waals surface area contributed by atoms with E-state index in [-0.39, 0.29) is 6.10 Å². The molecule has 0 amide bonds. The molecule has 0 saturated heterocycles. The molecule has 1 unspecified atom stereocenters. The van der Waals surface area contributed by atoms with Gasteiger partial charge in [0.1, 0.15) is 6.10 Å². The van der Waals surface area contributed by atoms with Gasteiger partial charge in [0, 0.05) is 20.2 Å². The first kappa shape index (κ1) is 12.0. The fourth-order valence-electron chi connectivity index (χ4n) is 1.29. The average Bonchev–Trinajstić information content (AvgIpc) is 2.66. The van der Waals surface area contributed by atoms with Crippen LogP contribution in [-0.2, 0) is 11.3 Å². The van der Waals surface area contributed by atoms with E-state index in [1.54, 1.807) is 13.3 Å². The van der Waals surface area contributed by atoms with Gasteiger partial charge in [0.2, 0.25) is 0 Å². The van der Waals surface area contributed by atoms with Crippen LogP contribution in [0.25, 0.3) is 0 Å². The van der Waals surface area contributed by atoms with E-state index in [2.05, 4.69) is 12.0 Å². The predicted molar refractivity (Wildman–Crippen MR) is 57.9 cm³/mol. The topological polar surface area (TPSA) is 62.3 Å². The van der Waals surface area contributed by atoms with Gasteiger partial charge in [0.05, 0.1) is 19.0 Å². The van der Waals surface area contributed by atoms with E-state index in [1.807, 2.05) is 10.9 Å². The van der Waals surface area contributed by atoms with Crippen molar-refractivity contribution in [3.63, 3.8) is 0 Å². The molecule has 1 heterocycles. The van der Waals surface area contributed by atoms with Gasteiger partial charge in [-0.1, -0.05) is 6.92 Å². The average molecular weight is 213 g/mol. The molecule has 1 atom stereocenters. The van der Waals surface area contributed by atoms with Crippen LogP contribution >= 0.6 is 0 Å². The zero-order valence-corrected chi connectivity index (χ0v) is 9.35. The van der Waals surface area contributed by atoms with Crippen molar-refractivity contribution in [2.24, 2.45) is 5.73 Å². The Morgan fingerprint density at radius 1 is 1.60 bits per heavy atom. The minimum absolute atomic E-state index is 0.103. The van der Waals surface area contributed by atoms with Crippen molar-refractivity contribution in [1.82, 2.24) is 9.78 Å². The van der Waals surface area contributed by atoms with Gasteiger partial charge >= 0.3 is 0 Å². The highest BCUT2D eigenvalue weighted by Gasteiger charge is 2.09. The highest BCUT2D eigenvalue weighted by Crippen LogP contribution is 2.10.